The lowest BCUT2D eigenvalue weighted by Crippen LogP contribution is -2.32. The molecule has 1 N–H and O–H groups in total. The van der Waals surface area contributed by atoms with Gasteiger partial charge in [0.25, 0.3) is 0 Å². The topological polar surface area (TPSA) is 87.5 Å². The molecule has 162 valence electrons. The molecule has 4 rings (SSSR count). The Kier molecular flexibility index (Phi) is 5.96. The average molecular weight is 430 g/mol. The number of nitrogens with one attached hydrogen (secondary N) is 1. The minimum Gasteiger partial charge on any atom is -0.480 e. The molecule has 1 atom stereocenters. The second-order valence-corrected chi connectivity index (χ2v) is 6.90. The lowest BCUT2D eigenvalue weighted by atomic mass is 10.1. The van der Waals surface area contributed by atoms with E-state index >= 15 is 0 Å². The van der Waals surface area contributed by atoms with E-state index in [4.69, 9.17) is 14.2 Å². The van der Waals surface area contributed by atoms with Crippen molar-refractivity contribution in [1.29, 1.82) is 0 Å². The third-order valence-corrected chi connectivity index (χ3v) is 4.66. The first-order valence-corrected chi connectivity index (χ1v) is 9.68. The van der Waals surface area contributed by atoms with Crippen molar-refractivity contribution in [2.24, 2.45) is 0 Å². The van der Waals surface area contributed by atoms with Crippen molar-refractivity contribution >= 4 is 11.6 Å². The number of nitrogens with zero attached hydrogens (tertiary/aromatic N) is 3. The molecule has 0 bridgehead atoms. The van der Waals surface area contributed by atoms with Gasteiger partial charge in [0.15, 0.2) is 40.8 Å². The van der Waals surface area contributed by atoms with E-state index in [1.54, 1.807) is 17.8 Å². The fourth-order valence-electron chi connectivity index (χ4n) is 3.08. The van der Waals surface area contributed by atoms with Crippen molar-refractivity contribution in [2.45, 2.75) is 26.0 Å². The number of aromatic nitrogens is 3. The van der Waals surface area contributed by atoms with Gasteiger partial charge in [0.1, 0.15) is 5.82 Å². The zero-order valence-corrected chi connectivity index (χ0v) is 16.7. The summed E-state index contributed by atoms with van der Waals surface area (Å²) in [5.41, 5.74) is 0.956. The van der Waals surface area contributed by atoms with Crippen molar-refractivity contribution in [3.63, 3.8) is 0 Å². The number of Topliss-reactive ketones (excluding diaryl/α,β-unsaturated/α-hetero) is 1. The van der Waals surface area contributed by atoms with Gasteiger partial charge in [-0.1, -0.05) is 18.2 Å². The zero-order valence-electron chi connectivity index (χ0n) is 16.7. The fraction of sp³-hybridized carbons (Fsp3) is 0.286. The second-order valence-electron chi connectivity index (χ2n) is 6.90. The van der Waals surface area contributed by atoms with E-state index < -0.39 is 17.7 Å². The van der Waals surface area contributed by atoms with Crippen molar-refractivity contribution < 1.29 is 27.8 Å². The van der Waals surface area contributed by atoms with E-state index in [-0.39, 0.29) is 24.9 Å². The first kappa shape index (κ1) is 20.6. The van der Waals surface area contributed by atoms with E-state index in [0.717, 1.165) is 17.7 Å². The van der Waals surface area contributed by atoms with Gasteiger partial charge in [-0.25, -0.2) is 13.5 Å². The quantitative estimate of drug-likeness (QED) is 0.558. The van der Waals surface area contributed by atoms with Gasteiger partial charge in [0.2, 0.25) is 6.79 Å². The van der Waals surface area contributed by atoms with E-state index in [9.17, 15) is 13.6 Å². The van der Waals surface area contributed by atoms with Gasteiger partial charge in [-0.3, -0.25) is 4.79 Å². The van der Waals surface area contributed by atoms with Crippen LogP contribution < -0.4 is 19.5 Å². The van der Waals surface area contributed by atoms with Crippen LogP contribution in [0, 0.1) is 11.6 Å². The zero-order chi connectivity index (χ0) is 21.8. The maximum Gasteiger partial charge on any atom is 0.231 e. The summed E-state index contributed by atoms with van der Waals surface area (Å²) in [5, 5.41) is 10.9. The summed E-state index contributed by atoms with van der Waals surface area (Å²) in [4.78, 5) is 12.5. The van der Waals surface area contributed by atoms with Crippen molar-refractivity contribution in [3.8, 4) is 17.2 Å². The maximum absolute atomic E-state index is 13.8. The maximum atomic E-state index is 13.8. The second kappa shape index (κ2) is 8.99. The van der Waals surface area contributed by atoms with Gasteiger partial charge in [0.05, 0.1) is 19.3 Å². The number of rotatable bonds is 9. The molecule has 31 heavy (non-hydrogen) atoms. The average Bonchev–Trinajstić information content (AvgIpc) is 3.40. The van der Waals surface area contributed by atoms with Gasteiger partial charge in [-0.05, 0) is 36.2 Å². The summed E-state index contributed by atoms with van der Waals surface area (Å²) < 4.78 is 44.5. The number of benzene rings is 2. The Bertz CT molecular complexity index is 1090. The largest absolute Gasteiger partial charge is 0.480 e. The number of ether oxygens (including phenoxy) is 3. The molecule has 0 aliphatic carbocycles. The standard InChI is InChI=1S/C21H20F2N4O4/c1-2-17(31-18-6-4-14(22)8-15(18)23)16(28)9-24-21-11-27(26-25-21)10-13-3-5-19-20(7-13)30-12-29-19/h3-8,11,17,24H,2,9-10,12H2,1H3. The van der Waals surface area contributed by atoms with Crippen LogP contribution in [0.1, 0.15) is 18.9 Å². The highest BCUT2D eigenvalue weighted by Gasteiger charge is 2.20. The van der Waals surface area contributed by atoms with E-state index in [2.05, 4.69) is 15.6 Å². The Morgan fingerprint density at radius 3 is 2.87 bits per heavy atom. The Morgan fingerprint density at radius 1 is 1.23 bits per heavy atom. The highest BCUT2D eigenvalue weighted by Crippen LogP contribution is 2.32. The van der Waals surface area contributed by atoms with Crippen LogP contribution in [0.3, 0.4) is 0 Å². The monoisotopic (exact) mass is 430 g/mol. The molecule has 0 spiro atoms. The molecule has 2 heterocycles. The van der Waals surface area contributed by atoms with Crippen molar-refractivity contribution in [3.05, 3.63) is 59.8 Å². The highest BCUT2D eigenvalue weighted by molar-refractivity contribution is 5.87. The summed E-state index contributed by atoms with van der Waals surface area (Å²) in [6, 6.07) is 8.56. The normalized spacial score (nSPS) is 13.1. The molecule has 1 aromatic heterocycles. The van der Waals surface area contributed by atoms with E-state index in [1.807, 2.05) is 18.2 Å². The summed E-state index contributed by atoms with van der Waals surface area (Å²) >= 11 is 0. The molecule has 8 nitrogen and oxygen atoms in total. The first-order valence-electron chi connectivity index (χ1n) is 9.68. The van der Waals surface area contributed by atoms with Gasteiger partial charge in [0, 0.05) is 6.07 Å². The van der Waals surface area contributed by atoms with Crippen LogP contribution in [-0.2, 0) is 11.3 Å². The predicted octanol–water partition coefficient (Wildman–Crippen LogP) is 3.17. The SMILES string of the molecule is CCC(Oc1ccc(F)cc1F)C(=O)CNc1cn(Cc2ccc3c(c2)OCO3)nn1. The molecule has 3 aromatic rings. The number of hydrogen-bond donors (Lipinski definition) is 1. The lowest BCUT2D eigenvalue weighted by Gasteiger charge is -2.17. The van der Waals surface area contributed by atoms with Crippen LogP contribution in [0.5, 0.6) is 17.2 Å². The number of hydrogen-bond acceptors (Lipinski definition) is 7. The predicted molar refractivity (Wildman–Crippen MR) is 106 cm³/mol. The number of fused-ring (bicyclic) bond motifs is 1. The van der Waals surface area contributed by atoms with Gasteiger partial charge in [-0.15, -0.1) is 5.10 Å². The number of ketones is 1. The van der Waals surface area contributed by atoms with Crippen molar-refractivity contribution in [1.82, 2.24) is 15.0 Å². The molecule has 2 aromatic carbocycles. The third kappa shape index (κ3) is 4.90. The van der Waals surface area contributed by atoms with E-state index in [1.165, 1.54) is 0 Å². The Labute approximate surface area is 176 Å². The Balaban J connectivity index is 1.32. The summed E-state index contributed by atoms with van der Waals surface area (Å²) in [6.07, 6.45) is 1.11. The molecule has 0 saturated carbocycles. The van der Waals surface area contributed by atoms with Crippen LogP contribution >= 0.6 is 0 Å². The molecule has 0 fully saturated rings. The molecule has 0 saturated heterocycles. The molecular weight excluding hydrogens is 410 g/mol. The molecule has 1 unspecified atom stereocenters. The third-order valence-electron chi connectivity index (χ3n) is 4.66. The minimum absolute atomic E-state index is 0.0793. The number of anilines is 1. The van der Waals surface area contributed by atoms with Crippen LogP contribution in [0.25, 0.3) is 0 Å². The number of carbonyl (C=O) groups is 1. The van der Waals surface area contributed by atoms with Gasteiger partial charge >= 0.3 is 0 Å². The van der Waals surface area contributed by atoms with Crippen LogP contribution in [0.15, 0.2) is 42.6 Å². The number of halogens is 2. The van der Waals surface area contributed by atoms with Crippen LogP contribution in [0.4, 0.5) is 14.6 Å². The van der Waals surface area contributed by atoms with Crippen LogP contribution in [0.2, 0.25) is 0 Å². The smallest absolute Gasteiger partial charge is 0.231 e. The molecule has 1 aliphatic heterocycles. The molecule has 10 heteroatoms. The van der Waals surface area contributed by atoms with Crippen LogP contribution in [-0.4, -0.2) is 40.2 Å². The van der Waals surface area contributed by atoms with Gasteiger partial charge < -0.3 is 19.5 Å². The molecule has 0 radical (unpaired) electrons. The summed E-state index contributed by atoms with van der Waals surface area (Å²) in [5.74, 6) is -0.230. The van der Waals surface area contributed by atoms with Gasteiger partial charge in [-0.2, -0.15) is 0 Å². The number of carbonyl (C=O) groups excluding carboxylic acids is 1. The Hall–Kier alpha value is -3.69. The molecular formula is C21H20F2N4O4. The highest BCUT2D eigenvalue weighted by atomic mass is 19.1. The minimum atomic E-state index is -0.879. The molecule has 0 amide bonds. The summed E-state index contributed by atoms with van der Waals surface area (Å²) in [7, 11) is 0. The lowest BCUT2D eigenvalue weighted by molar-refractivity contribution is -0.124. The first-order chi connectivity index (χ1) is 15.0. The summed E-state index contributed by atoms with van der Waals surface area (Å²) in [6.45, 7) is 2.33. The van der Waals surface area contributed by atoms with Crippen molar-refractivity contribution in [2.75, 3.05) is 18.7 Å². The fourth-order valence-corrected chi connectivity index (χ4v) is 3.08. The van der Waals surface area contributed by atoms with E-state index in [0.29, 0.717) is 36.3 Å². The molecule has 1 aliphatic rings. The Morgan fingerprint density at radius 2 is 2.06 bits per heavy atom.